The smallest absolute Gasteiger partial charge is 0.330 e. The van der Waals surface area contributed by atoms with Crippen molar-refractivity contribution in [2.75, 3.05) is 45.9 Å². The molecule has 0 unspecified atom stereocenters. The summed E-state index contributed by atoms with van der Waals surface area (Å²) in [6.07, 6.45) is 2.10. The molecule has 2 fully saturated rings. The number of rotatable bonds is 8. The van der Waals surface area contributed by atoms with Crippen LogP contribution in [0.4, 0.5) is 4.79 Å². The number of quaternary nitrogens is 1. The van der Waals surface area contributed by atoms with Crippen LogP contribution < -0.4 is 10.2 Å². The Kier molecular flexibility index (Phi) is 7.52. The molecule has 0 aromatic carbocycles. The van der Waals surface area contributed by atoms with Gasteiger partial charge in [-0.15, -0.1) is 0 Å². The monoisotopic (exact) mass is 353 g/mol. The van der Waals surface area contributed by atoms with E-state index in [1.165, 1.54) is 4.90 Å². The molecule has 25 heavy (non-hydrogen) atoms. The molecule has 0 radical (unpaired) electrons. The van der Waals surface area contributed by atoms with E-state index >= 15 is 0 Å². The van der Waals surface area contributed by atoms with Crippen LogP contribution in [0, 0.1) is 5.92 Å². The summed E-state index contributed by atoms with van der Waals surface area (Å²) < 4.78 is 5.33. The highest BCUT2D eigenvalue weighted by Crippen LogP contribution is 2.15. The van der Waals surface area contributed by atoms with Gasteiger partial charge in [0.2, 0.25) is 11.8 Å². The number of carbonyl (C=O) groups is 3. The van der Waals surface area contributed by atoms with Crippen molar-refractivity contribution in [1.29, 1.82) is 0 Å². The van der Waals surface area contributed by atoms with Crippen LogP contribution >= 0.6 is 0 Å². The highest BCUT2D eigenvalue weighted by molar-refractivity contribution is 6.27. The van der Waals surface area contributed by atoms with Crippen molar-refractivity contribution in [2.45, 2.75) is 33.1 Å². The third-order valence-corrected chi connectivity index (χ3v) is 4.66. The number of amides is 4. The Hall–Kier alpha value is -1.80. The first-order chi connectivity index (χ1) is 12.1. The topological polar surface area (TPSA) is 92.5 Å². The minimum Gasteiger partial charge on any atom is -0.370 e. The van der Waals surface area contributed by atoms with Gasteiger partial charge in [0.05, 0.1) is 26.3 Å². The number of ether oxygens (including phenoxy) is 1. The fourth-order valence-corrected chi connectivity index (χ4v) is 3.11. The van der Waals surface area contributed by atoms with Gasteiger partial charge in [0.15, 0.2) is 5.92 Å². The molecule has 2 rings (SSSR count). The van der Waals surface area contributed by atoms with E-state index in [-0.39, 0.29) is 0 Å². The summed E-state index contributed by atoms with van der Waals surface area (Å²) >= 11 is 0. The van der Waals surface area contributed by atoms with Crippen molar-refractivity contribution in [2.24, 2.45) is 10.9 Å². The first kappa shape index (κ1) is 19.5. The molecule has 2 saturated heterocycles. The van der Waals surface area contributed by atoms with Crippen LogP contribution in [0.3, 0.4) is 0 Å². The molecule has 8 heteroatoms. The minimum atomic E-state index is -0.973. The number of morpholine rings is 1. The molecular weight excluding hydrogens is 324 g/mol. The summed E-state index contributed by atoms with van der Waals surface area (Å²) in [5, 5.41) is 2.30. The Morgan fingerprint density at radius 1 is 1.28 bits per heavy atom. The molecule has 0 aromatic heterocycles. The molecule has 0 saturated carbocycles. The Morgan fingerprint density at radius 2 is 2.00 bits per heavy atom. The van der Waals surface area contributed by atoms with E-state index in [0.29, 0.717) is 25.2 Å². The Morgan fingerprint density at radius 3 is 2.64 bits per heavy atom. The number of urea groups is 1. The molecular formula is C17H29N4O4+. The molecule has 0 spiro atoms. The molecule has 0 aromatic rings. The lowest BCUT2D eigenvalue weighted by molar-refractivity contribution is -0.906. The summed E-state index contributed by atoms with van der Waals surface area (Å²) in [7, 11) is 0. The average Bonchev–Trinajstić information content (AvgIpc) is 2.61. The third-order valence-electron chi connectivity index (χ3n) is 4.66. The van der Waals surface area contributed by atoms with Gasteiger partial charge in [-0.1, -0.05) is 20.3 Å². The van der Waals surface area contributed by atoms with Crippen LogP contribution in [0.15, 0.2) is 4.99 Å². The van der Waals surface area contributed by atoms with E-state index in [0.717, 1.165) is 50.6 Å². The van der Waals surface area contributed by atoms with Crippen molar-refractivity contribution in [3.8, 4) is 0 Å². The van der Waals surface area contributed by atoms with Gasteiger partial charge >= 0.3 is 6.03 Å². The summed E-state index contributed by atoms with van der Waals surface area (Å²) in [6, 6.07) is -0.618. The lowest BCUT2D eigenvalue weighted by Gasteiger charge is -2.30. The van der Waals surface area contributed by atoms with Crippen molar-refractivity contribution in [1.82, 2.24) is 10.2 Å². The Labute approximate surface area is 148 Å². The van der Waals surface area contributed by atoms with E-state index in [1.807, 2.05) is 13.8 Å². The molecule has 8 nitrogen and oxygen atoms in total. The number of nitrogens with zero attached hydrogens (tertiary/aromatic N) is 2. The van der Waals surface area contributed by atoms with Crippen LogP contribution in [0.25, 0.3) is 0 Å². The number of unbranched alkanes of at least 4 members (excludes halogenated alkanes) is 1. The van der Waals surface area contributed by atoms with Crippen molar-refractivity contribution in [3.05, 3.63) is 0 Å². The van der Waals surface area contributed by atoms with Gasteiger partial charge in [0.25, 0.3) is 0 Å². The van der Waals surface area contributed by atoms with Crippen LogP contribution in [0.5, 0.6) is 0 Å². The summed E-state index contributed by atoms with van der Waals surface area (Å²) in [4.78, 5) is 43.9. The van der Waals surface area contributed by atoms with Gasteiger partial charge in [0.1, 0.15) is 13.1 Å². The standard InChI is InChI=1S/C17H28N4O4/c1-3-5-7-21-16(23)14(15(22)19-17(21)24)13(4-2)18-6-8-20-9-11-25-12-10-20/h14H,3-12H2,1-2H3,(H,19,22,24)/p+1/t14-/m1/s1. The molecule has 2 N–H and O–H groups in total. The van der Waals surface area contributed by atoms with E-state index in [4.69, 9.17) is 4.74 Å². The van der Waals surface area contributed by atoms with Crippen LogP contribution in [-0.2, 0) is 14.3 Å². The van der Waals surface area contributed by atoms with Crippen molar-refractivity contribution in [3.63, 3.8) is 0 Å². The molecule has 0 bridgehead atoms. The number of hydrogen-bond acceptors (Lipinski definition) is 5. The largest absolute Gasteiger partial charge is 0.370 e. The predicted molar refractivity (Wildman–Crippen MR) is 92.6 cm³/mol. The minimum absolute atomic E-state index is 0.333. The predicted octanol–water partition coefficient (Wildman–Crippen LogP) is -0.753. The Bertz CT molecular complexity index is 529. The first-order valence-corrected chi connectivity index (χ1v) is 9.19. The number of aliphatic imine (C=N–C) groups is 1. The second-order valence-electron chi connectivity index (χ2n) is 6.41. The SMILES string of the molecule is CCCCN1C(=O)NC(=O)[C@@H](C(CC)=NCC[NH+]2CCOCC2)C1=O. The van der Waals surface area contributed by atoms with Crippen molar-refractivity contribution >= 4 is 23.6 Å². The zero-order chi connectivity index (χ0) is 18.2. The van der Waals surface area contributed by atoms with E-state index in [2.05, 4.69) is 10.3 Å². The molecule has 1 atom stereocenters. The highest BCUT2D eigenvalue weighted by Gasteiger charge is 2.42. The second kappa shape index (κ2) is 9.62. The number of barbiturate groups is 1. The maximum absolute atomic E-state index is 12.7. The second-order valence-corrected chi connectivity index (χ2v) is 6.41. The molecule has 2 aliphatic heterocycles. The molecule has 140 valence electrons. The fraction of sp³-hybridized carbons (Fsp3) is 0.765. The maximum atomic E-state index is 12.7. The van der Waals surface area contributed by atoms with Crippen LogP contribution in [-0.4, -0.2) is 74.4 Å². The summed E-state index contributed by atoms with van der Waals surface area (Å²) in [5.41, 5.74) is 0.559. The van der Waals surface area contributed by atoms with Gasteiger partial charge in [0, 0.05) is 12.3 Å². The highest BCUT2D eigenvalue weighted by atomic mass is 16.5. The van der Waals surface area contributed by atoms with E-state index in [1.54, 1.807) is 0 Å². The first-order valence-electron chi connectivity index (χ1n) is 9.19. The summed E-state index contributed by atoms with van der Waals surface area (Å²) in [5.74, 6) is -1.97. The van der Waals surface area contributed by atoms with E-state index < -0.39 is 23.8 Å². The average molecular weight is 353 g/mol. The number of nitrogens with one attached hydrogen (secondary N) is 2. The van der Waals surface area contributed by atoms with E-state index in [9.17, 15) is 14.4 Å². The lowest BCUT2D eigenvalue weighted by Crippen LogP contribution is -3.14. The van der Waals surface area contributed by atoms with Gasteiger partial charge < -0.3 is 9.64 Å². The van der Waals surface area contributed by atoms with Gasteiger partial charge in [-0.25, -0.2) is 4.79 Å². The zero-order valence-corrected chi connectivity index (χ0v) is 15.2. The van der Waals surface area contributed by atoms with Gasteiger partial charge in [-0.05, 0) is 12.8 Å². The molecule has 4 amide bonds. The number of hydrogen-bond donors (Lipinski definition) is 2. The van der Waals surface area contributed by atoms with Crippen LogP contribution in [0.1, 0.15) is 33.1 Å². The zero-order valence-electron chi connectivity index (χ0n) is 15.2. The molecule has 0 aliphatic carbocycles. The van der Waals surface area contributed by atoms with Crippen LogP contribution in [0.2, 0.25) is 0 Å². The fourth-order valence-electron chi connectivity index (χ4n) is 3.11. The quantitative estimate of drug-likeness (QED) is 0.443. The Balaban J connectivity index is 2.02. The maximum Gasteiger partial charge on any atom is 0.330 e. The lowest BCUT2D eigenvalue weighted by atomic mass is 9.96. The number of imide groups is 2. The molecule has 2 aliphatic rings. The third kappa shape index (κ3) is 5.09. The normalized spacial score (nSPS) is 23.1. The number of carbonyl (C=O) groups excluding carboxylic acids is 3. The van der Waals surface area contributed by atoms with Gasteiger partial charge in [-0.2, -0.15) is 0 Å². The van der Waals surface area contributed by atoms with Gasteiger partial charge in [-0.3, -0.25) is 24.8 Å². The molecule has 2 heterocycles. The van der Waals surface area contributed by atoms with Crippen molar-refractivity contribution < 1.29 is 24.0 Å². The summed E-state index contributed by atoms with van der Waals surface area (Å²) in [6.45, 7) is 9.06.